The highest BCUT2D eigenvalue weighted by Crippen LogP contribution is 2.36. The van der Waals surface area contributed by atoms with Crippen LogP contribution in [0.2, 0.25) is 18.1 Å². The molecule has 0 aliphatic rings. The summed E-state index contributed by atoms with van der Waals surface area (Å²) in [5, 5.41) is 9.75. The highest BCUT2D eigenvalue weighted by Gasteiger charge is 2.36. The second-order valence-corrected chi connectivity index (χ2v) is 12.2. The van der Waals surface area contributed by atoms with Crippen LogP contribution in [0.1, 0.15) is 53.4 Å². The van der Waals surface area contributed by atoms with E-state index in [1.807, 2.05) is 0 Å². The second kappa shape index (κ2) is 9.95. The van der Waals surface area contributed by atoms with Crippen molar-refractivity contribution in [3.05, 3.63) is 0 Å². The summed E-state index contributed by atoms with van der Waals surface area (Å²) in [5.74, 6) is 0. The Morgan fingerprint density at radius 2 is 1.76 bits per heavy atom. The van der Waals surface area contributed by atoms with Crippen molar-refractivity contribution in [2.75, 3.05) is 20.5 Å². The average Bonchev–Trinajstić information content (AvgIpc) is 2.33. The van der Waals surface area contributed by atoms with Crippen molar-refractivity contribution < 1.29 is 19.0 Å². The fourth-order valence-electron chi connectivity index (χ4n) is 1.83. The first-order chi connectivity index (χ1) is 9.60. The van der Waals surface area contributed by atoms with Gasteiger partial charge < -0.3 is 19.0 Å². The maximum absolute atomic E-state index is 9.48. The molecule has 0 saturated heterocycles. The molecule has 0 aliphatic heterocycles. The van der Waals surface area contributed by atoms with Gasteiger partial charge in [-0.1, -0.05) is 20.8 Å². The Morgan fingerprint density at radius 1 is 1.14 bits per heavy atom. The number of methoxy groups -OCH3 is 1. The van der Waals surface area contributed by atoms with Crippen molar-refractivity contribution in [2.24, 2.45) is 0 Å². The zero-order chi connectivity index (χ0) is 16.5. The number of aliphatic hydroxyl groups excluding tert-OH is 1. The molecule has 0 radical (unpaired) electrons. The molecule has 0 unspecified atom stereocenters. The van der Waals surface area contributed by atoms with Crippen LogP contribution in [0.3, 0.4) is 0 Å². The molecule has 0 aromatic heterocycles. The number of hydrogen-bond donors (Lipinski definition) is 1. The van der Waals surface area contributed by atoms with E-state index in [4.69, 9.17) is 13.9 Å². The van der Waals surface area contributed by atoms with Crippen molar-refractivity contribution >= 4 is 8.32 Å². The van der Waals surface area contributed by atoms with Crippen LogP contribution in [0.4, 0.5) is 0 Å². The third-order valence-electron chi connectivity index (χ3n) is 4.22. The van der Waals surface area contributed by atoms with Crippen LogP contribution in [-0.4, -0.2) is 46.1 Å². The predicted molar refractivity (Wildman–Crippen MR) is 90.0 cm³/mol. The van der Waals surface area contributed by atoms with Gasteiger partial charge in [-0.3, -0.25) is 0 Å². The van der Waals surface area contributed by atoms with Crippen molar-refractivity contribution in [2.45, 2.75) is 83.7 Å². The first kappa shape index (κ1) is 21.1. The molecule has 0 bridgehead atoms. The van der Waals surface area contributed by atoms with E-state index >= 15 is 0 Å². The lowest BCUT2D eigenvalue weighted by atomic mass is 10.1. The molecule has 1 N–H and O–H groups in total. The zero-order valence-corrected chi connectivity index (χ0v) is 16.1. The van der Waals surface area contributed by atoms with Gasteiger partial charge in [0.1, 0.15) is 6.79 Å². The van der Waals surface area contributed by atoms with Crippen molar-refractivity contribution in [3.63, 3.8) is 0 Å². The summed E-state index contributed by atoms with van der Waals surface area (Å²) >= 11 is 0. The van der Waals surface area contributed by atoms with Crippen molar-refractivity contribution in [1.29, 1.82) is 0 Å². The number of rotatable bonds is 11. The van der Waals surface area contributed by atoms with Gasteiger partial charge in [-0.05, 0) is 50.7 Å². The largest absolute Gasteiger partial charge is 0.417 e. The normalized spacial score (nSPS) is 16.0. The molecule has 0 aromatic rings. The lowest BCUT2D eigenvalue weighted by molar-refractivity contribution is -0.0860. The van der Waals surface area contributed by atoms with Gasteiger partial charge in [0.05, 0.1) is 12.2 Å². The van der Waals surface area contributed by atoms with E-state index < -0.39 is 8.32 Å². The Bertz CT molecular complexity index is 261. The Morgan fingerprint density at radius 3 is 2.24 bits per heavy atom. The van der Waals surface area contributed by atoms with E-state index in [2.05, 4.69) is 33.9 Å². The first-order valence-electron chi connectivity index (χ1n) is 8.02. The number of ether oxygens (including phenoxy) is 2. The fourth-order valence-corrected chi connectivity index (χ4v) is 2.92. The monoisotopic (exact) mass is 320 g/mol. The highest BCUT2D eigenvalue weighted by atomic mass is 28.4. The second-order valence-electron chi connectivity index (χ2n) is 7.38. The maximum atomic E-state index is 9.48. The van der Waals surface area contributed by atoms with E-state index in [9.17, 15) is 5.11 Å². The number of unbranched alkanes of at least 4 members (excludes halogenated alkanes) is 1. The van der Waals surface area contributed by atoms with Crippen LogP contribution in [0.5, 0.6) is 0 Å². The van der Waals surface area contributed by atoms with Gasteiger partial charge in [0.25, 0.3) is 0 Å². The molecule has 2 atom stereocenters. The third kappa shape index (κ3) is 9.63. The van der Waals surface area contributed by atoms with Crippen molar-refractivity contribution in [3.8, 4) is 0 Å². The molecule has 0 amide bonds. The van der Waals surface area contributed by atoms with E-state index in [0.717, 1.165) is 25.9 Å². The summed E-state index contributed by atoms with van der Waals surface area (Å²) in [6, 6.07) is 0. The van der Waals surface area contributed by atoms with Gasteiger partial charge >= 0.3 is 0 Å². The van der Waals surface area contributed by atoms with Gasteiger partial charge in [0.2, 0.25) is 0 Å². The van der Waals surface area contributed by atoms with Crippen LogP contribution in [0.15, 0.2) is 0 Å². The molecule has 5 heteroatoms. The van der Waals surface area contributed by atoms with Crippen LogP contribution < -0.4 is 0 Å². The number of hydrogen-bond acceptors (Lipinski definition) is 4. The lowest BCUT2D eigenvalue weighted by Crippen LogP contribution is -2.40. The van der Waals surface area contributed by atoms with E-state index in [1.165, 1.54) is 0 Å². The molecule has 0 aromatic carbocycles. The molecule has 21 heavy (non-hydrogen) atoms. The first-order valence-corrected chi connectivity index (χ1v) is 10.9. The molecule has 0 fully saturated rings. The molecule has 4 nitrogen and oxygen atoms in total. The Kier molecular flexibility index (Phi) is 9.98. The topological polar surface area (TPSA) is 47.9 Å². The Labute approximate surface area is 132 Å². The maximum Gasteiger partial charge on any atom is 0.191 e. The molecule has 0 rings (SSSR count). The summed E-state index contributed by atoms with van der Waals surface area (Å²) in [5.41, 5.74) is 0. The van der Waals surface area contributed by atoms with Gasteiger partial charge in [0.15, 0.2) is 8.32 Å². The molecular formula is C16H36O4Si. The SMILES string of the molecule is COCO[C@H](CCCCO[Si](C)(C)C(C)(C)C)C[C@@H](C)O. The Hall–Kier alpha value is 0.0569. The van der Waals surface area contributed by atoms with Gasteiger partial charge in [-0.2, -0.15) is 0 Å². The van der Waals surface area contributed by atoms with Crippen LogP contribution >= 0.6 is 0 Å². The van der Waals surface area contributed by atoms with Crippen LogP contribution in [0.25, 0.3) is 0 Å². The Balaban J connectivity index is 3.94. The zero-order valence-electron chi connectivity index (χ0n) is 15.1. The summed E-state index contributed by atoms with van der Waals surface area (Å²) < 4.78 is 16.7. The molecule has 0 spiro atoms. The predicted octanol–water partition coefficient (Wildman–Crippen LogP) is 3.94. The minimum Gasteiger partial charge on any atom is -0.417 e. The number of aliphatic hydroxyl groups is 1. The average molecular weight is 321 g/mol. The molecule has 128 valence electrons. The molecule has 0 saturated carbocycles. The minimum absolute atomic E-state index is 0.0674. The summed E-state index contributed by atoms with van der Waals surface area (Å²) in [4.78, 5) is 0. The highest BCUT2D eigenvalue weighted by molar-refractivity contribution is 6.74. The van der Waals surface area contributed by atoms with E-state index in [-0.39, 0.29) is 24.0 Å². The third-order valence-corrected chi connectivity index (χ3v) is 8.75. The molecular weight excluding hydrogens is 284 g/mol. The minimum atomic E-state index is -1.62. The standard InChI is InChI=1S/C16H36O4Si/c1-14(17)12-15(19-13-18-5)10-8-9-11-20-21(6,7)16(2,3)4/h14-15,17H,8-13H2,1-7H3/t14-,15-/m1/s1. The van der Waals surface area contributed by atoms with Gasteiger partial charge in [-0.15, -0.1) is 0 Å². The molecule has 0 heterocycles. The summed E-state index contributed by atoms with van der Waals surface area (Å²) in [6.45, 7) is 14.3. The summed E-state index contributed by atoms with van der Waals surface area (Å²) in [7, 11) is -0.00296. The quantitative estimate of drug-likeness (QED) is 0.356. The summed E-state index contributed by atoms with van der Waals surface area (Å²) in [6.07, 6.45) is 3.42. The van der Waals surface area contributed by atoms with E-state index in [0.29, 0.717) is 6.42 Å². The smallest absolute Gasteiger partial charge is 0.191 e. The van der Waals surface area contributed by atoms with E-state index in [1.54, 1.807) is 14.0 Å². The van der Waals surface area contributed by atoms with Crippen LogP contribution in [-0.2, 0) is 13.9 Å². The van der Waals surface area contributed by atoms with Gasteiger partial charge in [-0.25, -0.2) is 0 Å². The van der Waals surface area contributed by atoms with Crippen LogP contribution in [0, 0.1) is 0 Å². The van der Waals surface area contributed by atoms with Crippen molar-refractivity contribution in [1.82, 2.24) is 0 Å². The molecule has 0 aliphatic carbocycles. The fraction of sp³-hybridized carbons (Fsp3) is 1.00. The van der Waals surface area contributed by atoms with Gasteiger partial charge in [0, 0.05) is 13.7 Å². The lowest BCUT2D eigenvalue weighted by Gasteiger charge is -2.36.